The maximum Gasteiger partial charge on any atom is 0.308 e. The molecule has 0 unspecified atom stereocenters. The number of aromatic nitrogens is 3. The molecule has 0 spiro atoms. The van der Waals surface area contributed by atoms with Gasteiger partial charge in [0.1, 0.15) is 0 Å². The number of nitrogens with zero attached hydrogens (tertiary/aromatic N) is 3. The van der Waals surface area contributed by atoms with Crippen LogP contribution in [0.4, 0.5) is 0 Å². The van der Waals surface area contributed by atoms with Crippen molar-refractivity contribution in [3.63, 3.8) is 0 Å². The number of rotatable bonds is 9. The Kier molecular flexibility index (Phi) is 6.56. The van der Waals surface area contributed by atoms with Crippen molar-refractivity contribution in [2.24, 2.45) is 0 Å². The van der Waals surface area contributed by atoms with Gasteiger partial charge in [0, 0.05) is 18.9 Å². The molecule has 8 heteroatoms. The van der Waals surface area contributed by atoms with Gasteiger partial charge in [-0.05, 0) is 50.1 Å². The molecule has 2 heterocycles. The third-order valence-electron chi connectivity index (χ3n) is 3.83. The van der Waals surface area contributed by atoms with Crippen molar-refractivity contribution in [1.82, 2.24) is 20.5 Å². The van der Waals surface area contributed by atoms with Gasteiger partial charge in [0.15, 0.2) is 11.5 Å². The van der Waals surface area contributed by atoms with Gasteiger partial charge in [-0.2, -0.15) is 0 Å². The van der Waals surface area contributed by atoms with E-state index >= 15 is 0 Å². The summed E-state index contributed by atoms with van der Waals surface area (Å²) < 4.78 is 16.6. The molecule has 0 saturated heterocycles. The highest BCUT2D eigenvalue weighted by molar-refractivity contribution is 5.89. The van der Waals surface area contributed by atoms with Crippen molar-refractivity contribution >= 4 is 5.91 Å². The molecule has 28 heavy (non-hydrogen) atoms. The Morgan fingerprint density at radius 2 is 1.93 bits per heavy atom. The molecule has 0 bridgehead atoms. The Hall–Kier alpha value is -3.42. The number of hydrogen-bond acceptors (Lipinski definition) is 7. The van der Waals surface area contributed by atoms with E-state index in [0.717, 1.165) is 5.56 Å². The monoisotopic (exact) mass is 382 g/mol. The van der Waals surface area contributed by atoms with Crippen LogP contribution in [-0.4, -0.2) is 40.8 Å². The van der Waals surface area contributed by atoms with Crippen LogP contribution in [0.3, 0.4) is 0 Å². The zero-order chi connectivity index (χ0) is 19.8. The maximum absolute atomic E-state index is 12.2. The van der Waals surface area contributed by atoms with Gasteiger partial charge in [-0.1, -0.05) is 6.07 Å². The second kappa shape index (κ2) is 9.50. The van der Waals surface area contributed by atoms with Gasteiger partial charge < -0.3 is 19.2 Å². The molecule has 0 aliphatic rings. The van der Waals surface area contributed by atoms with E-state index in [2.05, 4.69) is 20.5 Å². The van der Waals surface area contributed by atoms with Crippen LogP contribution in [0.2, 0.25) is 0 Å². The predicted octanol–water partition coefficient (Wildman–Crippen LogP) is 2.90. The van der Waals surface area contributed by atoms with Gasteiger partial charge in [0.2, 0.25) is 5.89 Å². The number of benzene rings is 1. The summed E-state index contributed by atoms with van der Waals surface area (Å²) in [6.45, 7) is 5.39. The van der Waals surface area contributed by atoms with E-state index in [0.29, 0.717) is 43.2 Å². The second-order valence-electron chi connectivity index (χ2n) is 5.81. The second-order valence-corrected chi connectivity index (χ2v) is 5.81. The third-order valence-corrected chi connectivity index (χ3v) is 3.83. The standard InChI is InChI=1S/C20H22N4O4/c1-3-26-16-8-7-14(12-17(16)27-4-2)9-11-22-18(25)20-24-23-19(28-20)15-6-5-10-21-13-15/h5-8,10,12-13H,3-4,9,11H2,1-2H3,(H,22,25). The molecule has 8 nitrogen and oxygen atoms in total. The third kappa shape index (κ3) is 4.85. The lowest BCUT2D eigenvalue weighted by molar-refractivity contribution is 0.0920. The van der Waals surface area contributed by atoms with Gasteiger partial charge in [-0.25, -0.2) is 0 Å². The average molecular weight is 382 g/mol. The van der Waals surface area contributed by atoms with Gasteiger partial charge in [-0.3, -0.25) is 9.78 Å². The largest absolute Gasteiger partial charge is 0.490 e. The van der Waals surface area contributed by atoms with Crippen LogP contribution in [0.25, 0.3) is 11.5 Å². The lowest BCUT2D eigenvalue weighted by atomic mass is 10.1. The summed E-state index contributed by atoms with van der Waals surface area (Å²) in [7, 11) is 0. The molecule has 0 aliphatic heterocycles. The van der Waals surface area contributed by atoms with Crippen molar-refractivity contribution < 1.29 is 18.7 Å². The average Bonchev–Trinajstić information content (AvgIpc) is 3.21. The molecule has 0 radical (unpaired) electrons. The van der Waals surface area contributed by atoms with Crippen LogP contribution in [0.1, 0.15) is 30.1 Å². The molecular weight excluding hydrogens is 360 g/mol. The molecule has 3 rings (SSSR count). The SMILES string of the molecule is CCOc1ccc(CCNC(=O)c2nnc(-c3cccnc3)o2)cc1OCC. The molecular formula is C20H22N4O4. The Morgan fingerprint density at radius 1 is 1.11 bits per heavy atom. The number of carbonyl (C=O) groups excluding carboxylic acids is 1. The summed E-state index contributed by atoms with van der Waals surface area (Å²) in [4.78, 5) is 16.2. The van der Waals surface area contributed by atoms with E-state index < -0.39 is 5.91 Å². The zero-order valence-electron chi connectivity index (χ0n) is 15.8. The van der Waals surface area contributed by atoms with Crippen LogP contribution >= 0.6 is 0 Å². The summed E-state index contributed by atoms with van der Waals surface area (Å²) in [5.74, 6) is 1.17. The first-order valence-corrected chi connectivity index (χ1v) is 9.11. The fraction of sp³-hybridized carbons (Fsp3) is 0.300. The van der Waals surface area contributed by atoms with Gasteiger partial charge in [0.25, 0.3) is 0 Å². The first kappa shape index (κ1) is 19.3. The Labute approximate surface area is 162 Å². The molecule has 1 amide bonds. The summed E-state index contributed by atoms with van der Waals surface area (Å²) in [6, 6.07) is 9.29. The van der Waals surface area contributed by atoms with Gasteiger partial charge in [-0.15, -0.1) is 10.2 Å². The Morgan fingerprint density at radius 3 is 2.68 bits per heavy atom. The number of pyridine rings is 1. The first-order valence-electron chi connectivity index (χ1n) is 9.11. The maximum atomic E-state index is 12.2. The molecule has 0 atom stereocenters. The predicted molar refractivity (Wildman–Crippen MR) is 102 cm³/mol. The number of nitrogens with one attached hydrogen (secondary N) is 1. The van der Waals surface area contributed by atoms with E-state index in [4.69, 9.17) is 13.9 Å². The van der Waals surface area contributed by atoms with E-state index in [-0.39, 0.29) is 11.8 Å². The molecule has 0 aliphatic carbocycles. The smallest absolute Gasteiger partial charge is 0.308 e. The number of amides is 1. The topological polar surface area (TPSA) is 99.4 Å². The van der Waals surface area contributed by atoms with Gasteiger partial charge in [0.05, 0.1) is 18.8 Å². The van der Waals surface area contributed by atoms with E-state index in [1.165, 1.54) is 0 Å². The quantitative estimate of drug-likeness (QED) is 0.607. The van der Waals surface area contributed by atoms with Crippen molar-refractivity contribution in [3.8, 4) is 23.0 Å². The molecule has 2 aromatic heterocycles. The molecule has 1 N–H and O–H groups in total. The first-order chi connectivity index (χ1) is 13.7. The summed E-state index contributed by atoms with van der Waals surface area (Å²) in [5.41, 5.74) is 1.68. The van der Waals surface area contributed by atoms with Crippen LogP contribution in [0.5, 0.6) is 11.5 Å². The van der Waals surface area contributed by atoms with Crippen LogP contribution in [0, 0.1) is 0 Å². The zero-order valence-corrected chi connectivity index (χ0v) is 15.8. The van der Waals surface area contributed by atoms with Gasteiger partial charge >= 0.3 is 11.8 Å². The normalized spacial score (nSPS) is 10.5. The summed E-state index contributed by atoms with van der Waals surface area (Å²) in [5, 5.41) is 10.5. The summed E-state index contributed by atoms with van der Waals surface area (Å²) in [6.07, 6.45) is 3.87. The lowest BCUT2D eigenvalue weighted by Crippen LogP contribution is -2.26. The van der Waals surface area contributed by atoms with Crippen molar-refractivity contribution in [2.75, 3.05) is 19.8 Å². The van der Waals surface area contributed by atoms with Crippen molar-refractivity contribution in [3.05, 3.63) is 54.2 Å². The number of carbonyl (C=O) groups is 1. The molecule has 0 saturated carbocycles. The van der Waals surface area contributed by atoms with Crippen molar-refractivity contribution in [2.45, 2.75) is 20.3 Å². The van der Waals surface area contributed by atoms with Crippen molar-refractivity contribution in [1.29, 1.82) is 0 Å². The van der Waals surface area contributed by atoms with E-state index in [1.807, 2.05) is 32.0 Å². The minimum Gasteiger partial charge on any atom is -0.490 e. The van der Waals surface area contributed by atoms with Crippen LogP contribution in [-0.2, 0) is 6.42 Å². The molecule has 3 aromatic rings. The Balaban J connectivity index is 1.57. The van der Waals surface area contributed by atoms with E-state index in [9.17, 15) is 4.79 Å². The number of ether oxygens (including phenoxy) is 2. The molecule has 0 fully saturated rings. The van der Waals surface area contributed by atoms with Crippen LogP contribution in [0.15, 0.2) is 47.1 Å². The summed E-state index contributed by atoms with van der Waals surface area (Å²) >= 11 is 0. The fourth-order valence-electron chi connectivity index (χ4n) is 2.57. The molecule has 146 valence electrons. The number of hydrogen-bond donors (Lipinski definition) is 1. The van der Waals surface area contributed by atoms with Crippen LogP contribution < -0.4 is 14.8 Å². The minimum atomic E-state index is -0.418. The Bertz CT molecular complexity index is 912. The highest BCUT2D eigenvalue weighted by Gasteiger charge is 2.15. The lowest BCUT2D eigenvalue weighted by Gasteiger charge is -2.12. The highest BCUT2D eigenvalue weighted by atomic mass is 16.5. The molecule has 1 aromatic carbocycles. The minimum absolute atomic E-state index is 0.0828. The highest BCUT2D eigenvalue weighted by Crippen LogP contribution is 2.28. The van der Waals surface area contributed by atoms with E-state index in [1.54, 1.807) is 24.5 Å². The fourth-order valence-corrected chi connectivity index (χ4v) is 2.57.